The summed E-state index contributed by atoms with van der Waals surface area (Å²) < 4.78 is 30.2. The van der Waals surface area contributed by atoms with Crippen LogP contribution in [0.5, 0.6) is 16.7 Å². The van der Waals surface area contributed by atoms with Crippen molar-refractivity contribution in [2.75, 3.05) is 18.1 Å². The minimum atomic E-state index is -1.26. The Morgan fingerprint density at radius 1 is 1.43 bits per heavy atom. The average Bonchev–Trinajstić information content (AvgIpc) is 3.08. The number of fused-ring (bicyclic) bond motifs is 1. The van der Waals surface area contributed by atoms with E-state index in [0.717, 1.165) is 0 Å². The molecule has 0 saturated heterocycles. The van der Waals surface area contributed by atoms with Crippen LogP contribution in [0.15, 0.2) is 28.2 Å². The fraction of sp³-hybridized carbons (Fsp3) is 0.167. The number of benzene rings is 1. The number of nitrogens with zero attached hydrogens (tertiary/aromatic N) is 2. The molecule has 0 amide bonds. The van der Waals surface area contributed by atoms with Crippen molar-refractivity contribution in [2.24, 2.45) is 0 Å². The number of ether oxygens (including phenoxy) is 2. The van der Waals surface area contributed by atoms with Gasteiger partial charge in [-0.1, -0.05) is 16.5 Å². The lowest BCUT2D eigenvalue weighted by molar-refractivity contribution is 0.412. The number of anilines is 1. The van der Waals surface area contributed by atoms with E-state index >= 15 is 0 Å². The van der Waals surface area contributed by atoms with Crippen LogP contribution in [0.25, 0.3) is 11.0 Å². The molecule has 21 heavy (non-hydrogen) atoms. The summed E-state index contributed by atoms with van der Waals surface area (Å²) in [6, 6.07) is 3.38. The Morgan fingerprint density at radius 2 is 2.29 bits per heavy atom. The summed E-state index contributed by atoms with van der Waals surface area (Å²) in [5.41, 5.74) is 0.467. The summed E-state index contributed by atoms with van der Waals surface area (Å²) in [6.45, 7) is 0. The molecule has 0 spiro atoms. The van der Waals surface area contributed by atoms with E-state index < -0.39 is 11.0 Å². The van der Waals surface area contributed by atoms with Gasteiger partial charge in [-0.05, 0) is 0 Å². The van der Waals surface area contributed by atoms with Gasteiger partial charge in [-0.25, -0.2) is 9.19 Å². The molecule has 0 bridgehead atoms. The highest BCUT2D eigenvalue weighted by Gasteiger charge is 2.17. The second-order valence-electron chi connectivity index (χ2n) is 3.99. The Balaban J connectivity index is 2.04. The first-order valence-electron chi connectivity index (χ1n) is 5.82. The highest BCUT2D eigenvalue weighted by molar-refractivity contribution is 7.85. The zero-order valence-corrected chi connectivity index (χ0v) is 12.8. The van der Waals surface area contributed by atoms with Crippen LogP contribution in [0.4, 0.5) is 5.82 Å². The van der Waals surface area contributed by atoms with Gasteiger partial charge in [0.15, 0.2) is 11.4 Å². The molecule has 9 heteroatoms. The molecule has 3 rings (SSSR count). The standard InChI is InChI=1S/C12H11N3O4S2/c1-17-8-5-7(18-12-13-3-4-20-12)6-9-10(8)11(14-19-9)15-21(2)16/h3-6H,1-2H3,(H,14,15). The third-order valence-electron chi connectivity index (χ3n) is 2.59. The monoisotopic (exact) mass is 325 g/mol. The normalized spacial score (nSPS) is 12.3. The molecule has 1 atom stereocenters. The molecule has 0 radical (unpaired) electrons. The quantitative estimate of drug-likeness (QED) is 0.776. The smallest absolute Gasteiger partial charge is 0.278 e. The van der Waals surface area contributed by atoms with Crippen LogP contribution >= 0.6 is 11.3 Å². The van der Waals surface area contributed by atoms with Gasteiger partial charge in [0.05, 0.1) is 7.11 Å². The number of methoxy groups -OCH3 is 1. The Bertz CT molecular complexity index is 785. The number of hydrogen-bond acceptors (Lipinski definition) is 7. The van der Waals surface area contributed by atoms with E-state index in [2.05, 4.69) is 14.9 Å². The predicted octanol–water partition coefficient (Wildman–Crippen LogP) is 2.79. The van der Waals surface area contributed by atoms with E-state index in [4.69, 9.17) is 14.0 Å². The Morgan fingerprint density at radius 3 is 2.95 bits per heavy atom. The third kappa shape index (κ3) is 2.83. The van der Waals surface area contributed by atoms with Crippen molar-refractivity contribution in [2.45, 2.75) is 0 Å². The predicted molar refractivity (Wildman–Crippen MR) is 80.4 cm³/mol. The minimum absolute atomic E-state index is 0.364. The molecular weight excluding hydrogens is 314 g/mol. The van der Waals surface area contributed by atoms with E-state index in [1.54, 1.807) is 18.3 Å². The Hall–Kier alpha value is -2.13. The molecular formula is C12H11N3O4S2. The van der Waals surface area contributed by atoms with Crippen molar-refractivity contribution < 1.29 is 18.2 Å². The molecule has 0 aliphatic heterocycles. The topological polar surface area (TPSA) is 86.5 Å². The molecule has 1 aromatic carbocycles. The van der Waals surface area contributed by atoms with E-state index in [1.807, 2.05) is 5.38 Å². The van der Waals surface area contributed by atoms with Gasteiger partial charge < -0.3 is 14.0 Å². The zero-order chi connectivity index (χ0) is 14.8. The van der Waals surface area contributed by atoms with Gasteiger partial charge in [0, 0.05) is 30.0 Å². The fourth-order valence-corrected chi connectivity index (χ4v) is 2.71. The van der Waals surface area contributed by atoms with Gasteiger partial charge in [-0.3, -0.25) is 4.72 Å². The largest absolute Gasteiger partial charge is 0.496 e. The third-order valence-corrected chi connectivity index (χ3v) is 3.72. The van der Waals surface area contributed by atoms with Gasteiger partial charge in [0.25, 0.3) is 5.19 Å². The maximum atomic E-state index is 11.3. The van der Waals surface area contributed by atoms with Crippen molar-refractivity contribution in [1.82, 2.24) is 10.1 Å². The van der Waals surface area contributed by atoms with Gasteiger partial charge in [-0.15, -0.1) is 0 Å². The number of nitrogens with one attached hydrogen (secondary N) is 1. The first-order chi connectivity index (χ1) is 10.2. The van der Waals surface area contributed by atoms with Gasteiger partial charge in [-0.2, -0.15) is 0 Å². The van der Waals surface area contributed by atoms with E-state index in [1.165, 1.54) is 24.7 Å². The molecule has 0 fully saturated rings. The van der Waals surface area contributed by atoms with Crippen molar-refractivity contribution >= 4 is 39.1 Å². The van der Waals surface area contributed by atoms with Gasteiger partial charge in [0.1, 0.15) is 27.9 Å². The molecule has 110 valence electrons. The molecule has 3 aromatic rings. The first-order valence-corrected chi connectivity index (χ1v) is 8.26. The van der Waals surface area contributed by atoms with Crippen molar-refractivity contribution in [3.8, 4) is 16.7 Å². The number of rotatable bonds is 5. The van der Waals surface area contributed by atoms with Crippen molar-refractivity contribution in [3.05, 3.63) is 23.7 Å². The van der Waals surface area contributed by atoms with Crippen molar-refractivity contribution in [3.63, 3.8) is 0 Å². The summed E-state index contributed by atoms with van der Waals surface area (Å²) in [4.78, 5) is 4.05. The lowest BCUT2D eigenvalue weighted by Gasteiger charge is -2.06. The molecule has 2 aromatic heterocycles. The zero-order valence-electron chi connectivity index (χ0n) is 11.2. The van der Waals surface area contributed by atoms with E-state index in [-0.39, 0.29) is 0 Å². The number of hydrogen-bond donors (Lipinski definition) is 1. The van der Waals surface area contributed by atoms with Crippen LogP contribution in [0.1, 0.15) is 0 Å². The molecule has 1 unspecified atom stereocenters. The van der Waals surface area contributed by atoms with E-state index in [0.29, 0.717) is 33.5 Å². The summed E-state index contributed by atoms with van der Waals surface area (Å²) >= 11 is 1.38. The molecule has 7 nitrogen and oxygen atoms in total. The minimum Gasteiger partial charge on any atom is -0.496 e. The highest BCUT2D eigenvalue weighted by atomic mass is 32.2. The number of thiazole rings is 1. The van der Waals surface area contributed by atoms with Crippen LogP contribution in [0.3, 0.4) is 0 Å². The fourth-order valence-electron chi connectivity index (χ4n) is 1.80. The molecule has 0 aliphatic rings. The summed E-state index contributed by atoms with van der Waals surface area (Å²) in [6.07, 6.45) is 3.16. The van der Waals surface area contributed by atoms with Crippen LogP contribution in [0.2, 0.25) is 0 Å². The van der Waals surface area contributed by atoms with Crippen LogP contribution in [-0.2, 0) is 11.0 Å². The van der Waals surface area contributed by atoms with Gasteiger partial charge in [0.2, 0.25) is 0 Å². The molecule has 2 heterocycles. The average molecular weight is 325 g/mol. The maximum absolute atomic E-state index is 11.3. The van der Waals surface area contributed by atoms with E-state index in [9.17, 15) is 4.21 Å². The van der Waals surface area contributed by atoms with Crippen molar-refractivity contribution in [1.29, 1.82) is 0 Å². The molecule has 1 N–H and O–H groups in total. The maximum Gasteiger partial charge on any atom is 0.278 e. The van der Waals surface area contributed by atoms with Crippen LogP contribution in [-0.4, -0.2) is 27.7 Å². The van der Waals surface area contributed by atoms with Gasteiger partial charge >= 0.3 is 0 Å². The summed E-state index contributed by atoms with van der Waals surface area (Å²) in [5.74, 6) is 1.39. The number of aromatic nitrogens is 2. The highest BCUT2D eigenvalue weighted by Crippen LogP contribution is 2.37. The lowest BCUT2D eigenvalue weighted by Crippen LogP contribution is -2.01. The second-order valence-corrected chi connectivity index (χ2v) is 5.96. The Kier molecular flexibility index (Phi) is 3.76. The molecule has 0 saturated carbocycles. The second kappa shape index (κ2) is 5.70. The summed E-state index contributed by atoms with van der Waals surface area (Å²) in [7, 11) is 0.269. The lowest BCUT2D eigenvalue weighted by atomic mass is 10.2. The SMILES string of the molecule is COc1cc(Oc2nccs2)cc2onc(NS(C)=O)c12. The Labute approximate surface area is 126 Å². The van der Waals surface area contributed by atoms with Crippen LogP contribution in [0, 0.1) is 0 Å². The summed E-state index contributed by atoms with van der Waals surface area (Å²) in [5, 5.41) is 6.80. The van der Waals surface area contributed by atoms with Crippen LogP contribution < -0.4 is 14.2 Å². The first kappa shape index (κ1) is 13.8. The molecule has 0 aliphatic carbocycles.